The van der Waals surface area contributed by atoms with E-state index in [0.29, 0.717) is 28.9 Å². The first-order valence-electron chi connectivity index (χ1n) is 14.9. The van der Waals surface area contributed by atoms with Gasteiger partial charge in [-0.1, -0.05) is 25.3 Å². The van der Waals surface area contributed by atoms with E-state index < -0.39 is 0 Å². The molecule has 0 bridgehead atoms. The Hall–Kier alpha value is -4.13. The number of aromatic nitrogens is 2. The standard InChI is InChI=1S/C34H37N3O4/c1-24(38)26-15-18-32-31(21-26)35-34(37(32)27-9-4-2-5-10-27)25-13-16-28(17-14-25)41-30-12-8-11-29(22-30)40-23-33(39)36-19-6-3-7-20-36/h8,11-18,21-22,27H,2-7,9-10,19-20,23H2,1H3. The van der Waals surface area contributed by atoms with Crippen LogP contribution >= 0.6 is 0 Å². The molecule has 2 heterocycles. The van der Waals surface area contributed by atoms with Gasteiger partial charge in [0.2, 0.25) is 0 Å². The number of fused-ring (bicyclic) bond motifs is 1. The number of piperidine rings is 1. The van der Waals surface area contributed by atoms with E-state index in [2.05, 4.69) is 4.57 Å². The third-order valence-electron chi connectivity index (χ3n) is 8.26. The van der Waals surface area contributed by atoms with Crippen LogP contribution in [0.15, 0.2) is 66.7 Å². The third-order valence-corrected chi connectivity index (χ3v) is 8.26. The van der Waals surface area contributed by atoms with Crippen LogP contribution in [-0.4, -0.2) is 45.8 Å². The number of Topliss-reactive ketones (excluding diaryl/α,β-unsaturated/α-hetero) is 1. The van der Waals surface area contributed by atoms with Crippen molar-refractivity contribution in [3.05, 3.63) is 72.3 Å². The first-order valence-corrected chi connectivity index (χ1v) is 14.9. The molecule has 2 aliphatic rings. The van der Waals surface area contributed by atoms with E-state index in [9.17, 15) is 9.59 Å². The summed E-state index contributed by atoms with van der Waals surface area (Å²) in [5.74, 6) is 2.96. The molecule has 1 aromatic heterocycles. The second kappa shape index (κ2) is 12.2. The molecule has 3 aromatic carbocycles. The fourth-order valence-electron chi connectivity index (χ4n) is 6.05. The van der Waals surface area contributed by atoms with Crippen molar-refractivity contribution in [1.29, 1.82) is 0 Å². The van der Waals surface area contributed by atoms with Gasteiger partial charge in [0.25, 0.3) is 5.91 Å². The molecule has 0 N–H and O–H groups in total. The molecule has 1 saturated heterocycles. The number of ether oxygens (including phenoxy) is 2. The fraction of sp³-hybridized carbons (Fsp3) is 0.382. The monoisotopic (exact) mass is 551 g/mol. The number of carbonyl (C=O) groups excluding carboxylic acids is 2. The van der Waals surface area contributed by atoms with E-state index in [4.69, 9.17) is 14.5 Å². The second-order valence-electron chi connectivity index (χ2n) is 11.2. The van der Waals surface area contributed by atoms with E-state index in [1.54, 1.807) is 6.92 Å². The van der Waals surface area contributed by atoms with E-state index >= 15 is 0 Å². The van der Waals surface area contributed by atoms with E-state index in [1.807, 2.05) is 71.6 Å². The molecule has 7 heteroatoms. The van der Waals surface area contributed by atoms with Crippen LogP contribution in [0.1, 0.15) is 74.7 Å². The van der Waals surface area contributed by atoms with E-state index in [1.165, 1.54) is 25.7 Å². The number of amides is 1. The van der Waals surface area contributed by atoms with Gasteiger partial charge in [0.1, 0.15) is 23.1 Å². The predicted molar refractivity (Wildman–Crippen MR) is 160 cm³/mol. The van der Waals surface area contributed by atoms with Crippen LogP contribution in [0.5, 0.6) is 17.2 Å². The lowest BCUT2D eigenvalue weighted by Gasteiger charge is -2.26. The van der Waals surface area contributed by atoms with Gasteiger partial charge >= 0.3 is 0 Å². The first kappa shape index (κ1) is 27.1. The number of ketones is 1. The lowest BCUT2D eigenvalue weighted by atomic mass is 9.94. The highest BCUT2D eigenvalue weighted by Crippen LogP contribution is 2.37. The highest BCUT2D eigenvalue weighted by atomic mass is 16.5. The van der Waals surface area contributed by atoms with E-state index in [0.717, 1.165) is 61.2 Å². The first-order chi connectivity index (χ1) is 20.0. The van der Waals surface area contributed by atoms with Crippen LogP contribution in [0.25, 0.3) is 22.4 Å². The molecule has 212 valence electrons. The summed E-state index contributed by atoms with van der Waals surface area (Å²) in [6, 6.07) is 21.6. The lowest BCUT2D eigenvalue weighted by Crippen LogP contribution is -2.38. The van der Waals surface area contributed by atoms with Crippen LogP contribution in [0, 0.1) is 0 Å². The van der Waals surface area contributed by atoms with Gasteiger partial charge < -0.3 is 18.9 Å². The Labute approximate surface area is 241 Å². The van der Waals surface area contributed by atoms with Gasteiger partial charge in [-0.3, -0.25) is 9.59 Å². The quantitative estimate of drug-likeness (QED) is 0.211. The number of hydrogen-bond acceptors (Lipinski definition) is 5. The number of likely N-dealkylation sites (tertiary alicyclic amines) is 1. The largest absolute Gasteiger partial charge is 0.484 e. The van der Waals surface area contributed by atoms with Gasteiger partial charge in [-0.15, -0.1) is 0 Å². The highest BCUT2D eigenvalue weighted by Gasteiger charge is 2.23. The maximum Gasteiger partial charge on any atom is 0.260 e. The minimum absolute atomic E-state index is 0.0309. The highest BCUT2D eigenvalue weighted by molar-refractivity contribution is 5.97. The number of imidazole rings is 1. The molecular weight excluding hydrogens is 514 g/mol. The molecule has 0 atom stereocenters. The lowest BCUT2D eigenvalue weighted by molar-refractivity contribution is -0.134. The molecule has 6 rings (SSSR count). The molecule has 1 aliphatic heterocycles. The summed E-state index contributed by atoms with van der Waals surface area (Å²) >= 11 is 0. The minimum atomic E-state index is 0.0309. The molecule has 1 amide bonds. The molecule has 41 heavy (non-hydrogen) atoms. The minimum Gasteiger partial charge on any atom is -0.484 e. The van der Waals surface area contributed by atoms with Crippen LogP contribution in [0.3, 0.4) is 0 Å². The Kier molecular flexibility index (Phi) is 8.03. The van der Waals surface area contributed by atoms with Gasteiger partial charge in [0.05, 0.1) is 11.0 Å². The Morgan fingerprint density at radius 2 is 1.56 bits per heavy atom. The van der Waals surface area contributed by atoms with Crippen molar-refractivity contribution >= 4 is 22.7 Å². The fourth-order valence-corrected chi connectivity index (χ4v) is 6.05. The van der Waals surface area contributed by atoms with Gasteiger partial charge in [-0.25, -0.2) is 4.98 Å². The zero-order valence-electron chi connectivity index (χ0n) is 23.7. The number of hydrogen-bond donors (Lipinski definition) is 0. The zero-order valence-corrected chi connectivity index (χ0v) is 23.7. The summed E-state index contributed by atoms with van der Waals surface area (Å²) in [6.45, 7) is 3.26. The average molecular weight is 552 g/mol. The molecule has 4 aromatic rings. The molecule has 1 saturated carbocycles. The van der Waals surface area contributed by atoms with Crippen molar-refractivity contribution < 1.29 is 19.1 Å². The predicted octanol–water partition coefficient (Wildman–Crippen LogP) is 7.59. The topological polar surface area (TPSA) is 73.7 Å². The van der Waals surface area contributed by atoms with Crippen molar-refractivity contribution in [2.24, 2.45) is 0 Å². The van der Waals surface area contributed by atoms with Gasteiger partial charge in [0, 0.05) is 36.3 Å². The number of carbonyl (C=O) groups is 2. The SMILES string of the molecule is CC(=O)c1ccc2c(c1)nc(-c1ccc(Oc3cccc(OCC(=O)N4CCCCC4)c3)cc1)n2C1CCCCC1. The molecule has 0 unspecified atom stereocenters. The smallest absolute Gasteiger partial charge is 0.260 e. The maximum absolute atomic E-state index is 12.5. The molecule has 0 spiro atoms. The maximum atomic E-state index is 12.5. The Balaban J connectivity index is 1.19. The van der Waals surface area contributed by atoms with Gasteiger partial charge in [-0.05, 0) is 93.6 Å². The zero-order chi connectivity index (χ0) is 28.2. The van der Waals surface area contributed by atoms with Crippen LogP contribution in [0.2, 0.25) is 0 Å². The van der Waals surface area contributed by atoms with Gasteiger partial charge in [-0.2, -0.15) is 0 Å². The Morgan fingerprint density at radius 3 is 2.32 bits per heavy atom. The Bertz CT molecular complexity index is 1530. The van der Waals surface area contributed by atoms with Crippen LogP contribution in [0.4, 0.5) is 0 Å². The summed E-state index contributed by atoms with van der Waals surface area (Å²) in [6.07, 6.45) is 9.30. The summed E-state index contributed by atoms with van der Waals surface area (Å²) in [5.41, 5.74) is 3.63. The van der Waals surface area contributed by atoms with Crippen LogP contribution < -0.4 is 9.47 Å². The summed E-state index contributed by atoms with van der Waals surface area (Å²) in [7, 11) is 0. The van der Waals surface area contributed by atoms with Crippen molar-refractivity contribution in [3.63, 3.8) is 0 Å². The van der Waals surface area contributed by atoms with Crippen molar-refractivity contribution in [2.45, 2.75) is 64.3 Å². The van der Waals surface area contributed by atoms with Gasteiger partial charge in [0.15, 0.2) is 12.4 Å². The number of rotatable bonds is 8. The van der Waals surface area contributed by atoms with Crippen molar-refractivity contribution in [1.82, 2.24) is 14.5 Å². The number of nitrogens with zero attached hydrogens (tertiary/aromatic N) is 3. The molecule has 7 nitrogen and oxygen atoms in total. The Morgan fingerprint density at radius 1 is 0.829 bits per heavy atom. The summed E-state index contributed by atoms with van der Waals surface area (Å²) < 4.78 is 14.3. The molecular formula is C34H37N3O4. The van der Waals surface area contributed by atoms with E-state index in [-0.39, 0.29) is 18.3 Å². The second-order valence-corrected chi connectivity index (χ2v) is 11.2. The third kappa shape index (κ3) is 6.14. The summed E-state index contributed by atoms with van der Waals surface area (Å²) in [4.78, 5) is 31.4. The number of benzene rings is 3. The molecule has 1 aliphatic carbocycles. The van der Waals surface area contributed by atoms with Crippen molar-refractivity contribution in [2.75, 3.05) is 19.7 Å². The normalized spacial score (nSPS) is 16.1. The summed E-state index contributed by atoms with van der Waals surface area (Å²) in [5, 5.41) is 0. The van der Waals surface area contributed by atoms with Crippen LogP contribution in [-0.2, 0) is 4.79 Å². The van der Waals surface area contributed by atoms with Crippen molar-refractivity contribution in [3.8, 4) is 28.6 Å². The molecule has 0 radical (unpaired) electrons. The molecule has 2 fully saturated rings. The average Bonchev–Trinajstić information content (AvgIpc) is 3.40.